The average molecular weight is 390 g/mol. The van der Waals surface area contributed by atoms with Gasteiger partial charge in [0.05, 0.1) is 22.1 Å². The number of aromatic nitrogens is 1. The van der Waals surface area contributed by atoms with E-state index in [-0.39, 0.29) is 11.5 Å². The van der Waals surface area contributed by atoms with Crippen molar-refractivity contribution in [3.8, 4) is 0 Å². The molecule has 2 aromatic heterocycles. The molecule has 0 radical (unpaired) electrons. The maximum absolute atomic E-state index is 12.4. The summed E-state index contributed by atoms with van der Waals surface area (Å²) in [7, 11) is 0. The van der Waals surface area contributed by atoms with Crippen LogP contribution in [0, 0.1) is 18.8 Å². The van der Waals surface area contributed by atoms with Crippen LogP contribution in [-0.4, -0.2) is 47.1 Å². The Bertz CT molecular complexity index is 806. The van der Waals surface area contributed by atoms with Crippen molar-refractivity contribution in [2.75, 3.05) is 19.6 Å². The summed E-state index contributed by atoms with van der Waals surface area (Å²) in [6.45, 7) is 5.80. The second-order valence-electron chi connectivity index (χ2n) is 7.79. The van der Waals surface area contributed by atoms with Crippen molar-refractivity contribution in [1.29, 1.82) is 0 Å². The van der Waals surface area contributed by atoms with Crippen LogP contribution in [0.1, 0.15) is 32.3 Å². The molecule has 5 heterocycles. The third-order valence-corrected chi connectivity index (χ3v) is 7.94. The van der Waals surface area contributed by atoms with E-state index in [1.807, 2.05) is 30.8 Å². The monoisotopic (exact) mass is 389 g/mol. The molecule has 5 rings (SSSR count). The van der Waals surface area contributed by atoms with Gasteiger partial charge in [0.2, 0.25) is 0 Å². The summed E-state index contributed by atoms with van der Waals surface area (Å²) in [4.78, 5) is 22.4. The molecule has 1 spiro atoms. The van der Waals surface area contributed by atoms with Crippen LogP contribution in [0.15, 0.2) is 23.8 Å². The molecule has 138 valence electrons. The lowest BCUT2D eigenvalue weighted by atomic mass is 9.73. The summed E-state index contributed by atoms with van der Waals surface area (Å²) < 4.78 is 6.49. The van der Waals surface area contributed by atoms with Gasteiger partial charge in [0.1, 0.15) is 0 Å². The third kappa shape index (κ3) is 2.81. The number of amides is 1. The molecular formula is C19H23N3O2S2. The van der Waals surface area contributed by atoms with Crippen molar-refractivity contribution in [3.63, 3.8) is 0 Å². The van der Waals surface area contributed by atoms with Crippen molar-refractivity contribution in [2.45, 2.75) is 38.0 Å². The summed E-state index contributed by atoms with van der Waals surface area (Å²) >= 11 is 3.28. The standard InChI is InChI=1S/C19H23N3O2S2/c1-12-2-3-17(26-12)18(23)21-7-14-15-9-22(8-13-6-20-11-25-13)10-19(15)5-4-16(14)24-19/h2-3,6,11,14-16H,4-5,7-10H2,1H3,(H,21,23)/t14-,15+,16+,19+/m0/s1. The number of nitrogens with zero attached hydrogens (tertiary/aromatic N) is 2. The van der Waals surface area contributed by atoms with Crippen molar-refractivity contribution in [2.24, 2.45) is 11.8 Å². The molecule has 4 atom stereocenters. The van der Waals surface area contributed by atoms with Crippen molar-refractivity contribution < 1.29 is 9.53 Å². The molecule has 3 aliphatic rings. The summed E-state index contributed by atoms with van der Waals surface area (Å²) in [5, 5.41) is 3.17. The number of carbonyl (C=O) groups excluding carboxylic acids is 1. The van der Waals surface area contributed by atoms with E-state index in [1.54, 1.807) is 22.7 Å². The Balaban J connectivity index is 1.25. The Labute approximate surface area is 161 Å². The van der Waals surface area contributed by atoms with E-state index >= 15 is 0 Å². The number of nitrogens with one attached hydrogen (secondary N) is 1. The lowest BCUT2D eigenvalue weighted by molar-refractivity contribution is 0.00219. The van der Waals surface area contributed by atoms with Crippen LogP contribution in [0.25, 0.3) is 0 Å². The number of hydrogen-bond acceptors (Lipinski definition) is 6. The highest BCUT2D eigenvalue weighted by Crippen LogP contribution is 2.54. The highest BCUT2D eigenvalue weighted by Gasteiger charge is 2.62. The molecule has 1 amide bonds. The maximum atomic E-state index is 12.4. The van der Waals surface area contributed by atoms with Crippen LogP contribution in [0.5, 0.6) is 0 Å². The number of hydrogen-bond donors (Lipinski definition) is 1. The minimum Gasteiger partial charge on any atom is -0.370 e. The van der Waals surface area contributed by atoms with E-state index in [4.69, 9.17) is 4.74 Å². The van der Waals surface area contributed by atoms with Crippen LogP contribution in [0.2, 0.25) is 0 Å². The van der Waals surface area contributed by atoms with Crippen molar-refractivity contribution in [1.82, 2.24) is 15.2 Å². The van der Waals surface area contributed by atoms with Gasteiger partial charge in [-0.3, -0.25) is 14.7 Å². The fraction of sp³-hybridized carbons (Fsp3) is 0.579. The number of carbonyl (C=O) groups is 1. The Kier molecular flexibility index (Phi) is 4.15. The van der Waals surface area contributed by atoms with E-state index in [0.29, 0.717) is 17.9 Å². The molecule has 0 aliphatic carbocycles. The Morgan fingerprint density at radius 2 is 2.42 bits per heavy atom. The predicted molar refractivity (Wildman–Crippen MR) is 103 cm³/mol. The molecule has 2 aromatic rings. The molecule has 0 aromatic carbocycles. The smallest absolute Gasteiger partial charge is 0.261 e. The maximum Gasteiger partial charge on any atom is 0.261 e. The van der Waals surface area contributed by atoms with E-state index in [1.165, 1.54) is 9.75 Å². The Morgan fingerprint density at radius 3 is 3.19 bits per heavy atom. The number of thiophene rings is 1. The Morgan fingerprint density at radius 1 is 1.50 bits per heavy atom. The zero-order valence-corrected chi connectivity index (χ0v) is 16.4. The molecule has 5 nitrogen and oxygen atoms in total. The second-order valence-corrected chi connectivity index (χ2v) is 10.0. The van der Waals surface area contributed by atoms with Gasteiger partial charge in [-0.2, -0.15) is 0 Å². The second kappa shape index (κ2) is 6.41. The average Bonchev–Trinajstić information content (AvgIpc) is 3.39. The normalized spacial score (nSPS) is 32.9. The molecule has 3 aliphatic heterocycles. The number of thiazole rings is 1. The van der Waals surface area contributed by atoms with E-state index in [0.717, 1.165) is 43.9 Å². The molecular weight excluding hydrogens is 366 g/mol. The molecule has 0 saturated carbocycles. The quantitative estimate of drug-likeness (QED) is 0.854. The largest absolute Gasteiger partial charge is 0.370 e. The summed E-state index contributed by atoms with van der Waals surface area (Å²) in [6.07, 6.45) is 4.57. The van der Waals surface area contributed by atoms with Gasteiger partial charge in [-0.1, -0.05) is 0 Å². The minimum absolute atomic E-state index is 0.0181. The fourth-order valence-corrected chi connectivity index (χ4v) is 6.49. The summed E-state index contributed by atoms with van der Waals surface area (Å²) in [6, 6.07) is 3.92. The summed E-state index contributed by atoms with van der Waals surface area (Å²) in [5.74, 6) is 1.01. The van der Waals surface area contributed by atoms with Gasteiger partial charge in [0, 0.05) is 54.0 Å². The van der Waals surface area contributed by atoms with Crippen molar-refractivity contribution >= 4 is 28.6 Å². The first kappa shape index (κ1) is 16.9. The molecule has 26 heavy (non-hydrogen) atoms. The van der Waals surface area contributed by atoms with E-state index < -0.39 is 0 Å². The molecule has 2 bridgehead atoms. The van der Waals surface area contributed by atoms with Crippen LogP contribution >= 0.6 is 22.7 Å². The van der Waals surface area contributed by atoms with E-state index in [2.05, 4.69) is 15.2 Å². The number of likely N-dealkylation sites (tertiary alicyclic amines) is 1. The van der Waals surface area contributed by atoms with Gasteiger partial charge in [-0.05, 0) is 31.9 Å². The van der Waals surface area contributed by atoms with Crippen LogP contribution in [-0.2, 0) is 11.3 Å². The van der Waals surface area contributed by atoms with E-state index in [9.17, 15) is 4.79 Å². The van der Waals surface area contributed by atoms with Crippen molar-refractivity contribution in [3.05, 3.63) is 38.5 Å². The highest BCUT2D eigenvalue weighted by molar-refractivity contribution is 7.13. The van der Waals surface area contributed by atoms with Crippen LogP contribution < -0.4 is 5.32 Å². The third-order valence-electron chi connectivity index (χ3n) is 6.18. The lowest BCUT2D eigenvalue weighted by Gasteiger charge is -2.29. The van der Waals surface area contributed by atoms with Gasteiger partial charge in [0.15, 0.2) is 0 Å². The lowest BCUT2D eigenvalue weighted by Crippen LogP contribution is -2.41. The number of aryl methyl sites for hydroxylation is 1. The van der Waals surface area contributed by atoms with Crippen LogP contribution in [0.3, 0.4) is 0 Å². The number of rotatable bonds is 5. The van der Waals surface area contributed by atoms with Gasteiger partial charge in [-0.15, -0.1) is 22.7 Å². The first-order chi connectivity index (χ1) is 12.6. The predicted octanol–water partition coefficient (Wildman–Crippen LogP) is 2.92. The topological polar surface area (TPSA) is 54.5 Å². The number of ether oxygens (including phenoxy) is 1. The molecule has 7 heteroatoms. The van der Waals surface area contributed by atoms with Gasteiger partial charge < -0.3 is 10.1 Å². The fourth-order valence-electron chi connectivity index (χ4n) is 5.07. The first-order valence-corrected chi connectivity index (χ1v) is 10.9. The molecule has 0 unspecified atom stereocenters. The van der Waals surface area contributed by atoms with Gasteiger partial charge in [0.25, 0.3) is 5.91 Å². The zero-order valence-electron chi connectivity index (χ0n) is 14.8. The number of fused-ring (bicyclic) bond motifs is 1. The van der Waals surface area contributed by atoms with Gasteiger partial charge >= 0.3 is 0 Å². The van der Waals surface area contributed by atoms with Gasteiger partial charge in [-0.25, -0.2) is 0 Å². The highest BCUT2D eigenvalue weighted by atomic mass is 32.1. The zero-order chi connectivity index (χ0) is 17.7. The first-order valence-electron chi connectivity index (χ1n) is 9.25. The molecule has 3 fully saturated rings. The molecule has 3 saturated heterocycles. The Hall–Kier alpha value is -1.28. The molecule has 1 N–H and O–H groups in total. The minimum atomic E-state index is 0.0181. The summed E-state index contributed by atoms with van der Waals surface area (Å²) in [5.41, 5.74) is 1.92. The van der Waals surface area contributed by atoms with Crippen LogP contribution in [0.4, 0.5) is 0 Å². The SMILES string of the molecule is Cc1ccc(C(=O)NC[C@H]2[C@H]3CN(Cc4cncs4)C[C@]34CC[C@H]2O4)s1.